The van der Waals surface area contributed by atoms with E-state index in [0.29, 0.717) is 12.4 Å². The lowest BCUT2D eigenvalue weighted by Gasteiger charge is -2.09. The van der Waals surface area contributed by atoms with Gasteiger partial charge >= 0.3 is 6.03 Å². The van der Waals surface area contributed by atoms with Crippen LogP contribution in [0.15, 0.2) is 67.1 Å². The van der Waals surface area contributed by atoms with Gasteiger partial charge in [0, 0.05) is 24.5 Å². The SMILES string of the molecule is Cc1cccnc1NC(=O)NCc1cccc(-c2cn3ncccc3n2)c1. The third-order valence-electron chi connectivity index (χ3n) is 4.15. The number of imidazole rings is 1. The van der Waals surface area contributed by atoms with Crippen molar-refractivity contribution in [3.05, 3.63) is 78.2 Å². The van der Waals surface area contributed by atoms with Gasteiger partial charge < -0.3 is 5.32 Å². The van der Waals surface area contributed by atoms with Gasteiger partial charge in [-0.3, -0.25) is 5.32 Å². The van der Waals surface area contributed by atoms with Crippen LogP contribution in [0.4, 0.5) is 10.6 Å². The zero-order valence-electron chi connectivity index (χ0n) is 14.8. The number of anilines is 1. The quantitative estimate of drug-likeness (QED) is 0.585. The minimum atomic E-state index is -0.292. The number of carbonyl (C=O) groups is 1. The molecule has 134 valence electrons. The average molecular weight is 358 g/mol. The van der Waals surface area contributed by atoms with E-state index < -0.39 is 0 Å². The summed E-state index contributed by atoms with van der Waals surface area (Å²) in [4.78, 5) is 20.9. The zero-order chi connectivity index (χ0) is 18.6. The summed E-state index contributed by atoms with van der Waals surface area (Å²) < 4.78 is 1.74. The summed E-state index contributed by atoms with van der Waals surface area (Å²) in [6.45, 7) is 2.30. The van der Waals surface area contributed by atoms with Crippen molar-refractivity contribution < 1.29 is 4.79 Å². The van der Waals surface area contributed by atoms with Gasteiger partial charge in [0.15, 0.2) is 5.65 Å². The molecule has 7 heteroatoms. The van der Waals surface area contributed by atoms with Crippen LogP contribution in [0.3, 0.4) is 0 Å². The van der Waals surface area contributed by atoms with Crippen molar-refractivity contribution in [3.8, 4) is 11.3 Å². The first kappa shape index (κ1) is 16.7. The number of urea groups is 1. The number of benzene rings is 1. The molecule has 27 heavy (non-hydrogen) atoms. The molecule has 2 N–H and O–H groups in total. The smallest absolute Gasteiger partial charge is 0.320 e. The fourth-order valence-corrected chi connectivity index (χ4v) is 2.76. The minimum absolute atomic E-state index is 0.292. The van der Waals surface area contributed by atoms with Crippen LogP contribution in [0.1, 0.15) is 11.1 Å². The summed E-state index contributed by atoms with van der Waals surface area (Å²) in [6, 6.07) is 15.1. The van der Waals surface area contributed by atoms with Crippen molar-refractivity contribution in [2.45, 2.75) is 13.5 Å². The molecule has 0 atom stereocenters. The predicted molar refractivity (Wildman–Crippen MR) is 103 cm³/mol. The summed E-state index contributed by atoms with van der Waals surface area (Å²) in [7, 11) is 0. The molecule has 0 spiro atoms. The average Bonchev–Trinajstić information content (AvgIpc) is 3.13. The Labute approximate surface area is 156 Å². The van der Waals surface area contributed by atoms with Crippen LogP contribution in [0, 0.1) is 6.92 Å². The van der Waals surface area contributed by atoms with E-state index >= 15 is 0 Å². The number of aromatic nitrogens is 4. The first-order valence-electron chi connectivity index (χ1n) is 8.55. The van der Waals surface area contributed by atoms with Crippen LogP contribution in [-0.2, 0) is 6.54 Å². The number of hydrogen-bond donors (Lipinski definition) is 2. The summed E-state index contributed by atoms with van der Waals surface area (Å²) in [5.74, 6) is 0.556. The van der Waals surface area contributed by atoms with E-state index in [-0.39, 0.29) is 6.03 Å². The lowest BCUT2D eigenvalue weighted by atomic mass is 10.1. The largest absolute Gasteiger partial charge is 0.334 e. The Balaban J connectivity index is 1.45. The number of pyridine rings is 1. The molecule has 0 saturated carbocycles. The van der Waals surface area contributed by atoms with Crippen molar-refractivity contribution in [1.29, 1.82) is 0 Å². The van der Waals surface area contributed by atoms with Gasteiger partial charge in [0.1, 0.15) is 5.82 Å². The topological polar surface area (TPSA) is 84.2 Å². The highest BCUT2D eigenvalue weighted by Crippen LogP contribution is 2.20. The predicted octanol–water partition coefficient (Wildman–Crippen LogP) is 3.42. The van der Waals surface area contributed by atoms with Gasteiger partial charge in [-0.25, -0.2) is 19.3 Å². The molecule has 4 aromatic rings. The fourth-order valence-electron chi connectivity index (χ4n) is 2.76. The van der Waals surface area contributed by atoms with E-state index in [0.717, 1.165) is 28.0 Å². The van der Waals surface area contributed by atoms with Crippen LogP contribution >= 0.6 is 0 Å². The number of carbonyl (C=O) groups excluding carboxylic acids is 1. The number of aryl methyl sites for hydroxylation is 1. The lowest BCUT2D eigenvalue weighted by Crippen LogP contribution is -2.28. The second-order valence-electron chi connectivity index (χ2n) is 6.13. The van der Waals surface area contributed by atoms with Gasteiger partial charge in [-0.1, -0.05) is 24.3 Å². The maximum Gasteiger partial charge on any atom is 0.320 e. The number of nitrogens with zero attached hydrogens (tertiary/aromatic N) is 4. The number of fused-ring (bicyclic) bond motifs is 1. The first-order chi connectivity index (χ1) is 13.2. The normalized spacial score (nSPS) is 10.7. The third kappa shape index (κ3) is 3.77. The maximum absolute atomic E-state index is 12.1. The lowest BCUT2D eigenvalue weighted by molar-refractivity contribution is 0.251. The van der Waals surface area contributed by atoms with Crippen molar-refractivity contribution in [1.82, 2.24) is 24.9 Å². The Morgan fingerprint density at radius 2 is 2.00 bits per heavy atom. The van der Waals surface area contributed by atoms with Crippen molar-refractivity contribution in [2.24, 2.45) is 0 Å². The molecule has 0 bridgehead atoms. The molecule has 0 aliphatic carbocycles. The second kappa shape index (κ2) is 7.25. The molecule has 3 heterocycles. The number of nitrogens with one attached hydrogen (secondary N) is 2. The van der Waals surface area contributed by atoms with Crippen molar-refractivity contribution in [3.63, 3.8) is 0 Å². The monoisotopic (exact) mass is 358 g/mol. The molecular weight excluding hydrogens is 340 g/mol. The molecule has 2 amide bonds. The Bertz CT molecular complexity index is 1070. The van der Waals surface area contributed by atoms with E-state index in [9.17, 15) is 4.79 Å². The summed E-state index contributed by atoms with van der Waals surface area (Å²) in [5.41, 5.74) is 4.49. The van der Waals surface area contributed by atoms with Gasteiger partial charge in [0.25, 0.3) is 0 Å². The van der Waals surface area contributed by atoms with Crippen molar-refractivity contribution >= 4 is 17.5 Å². The summed E-state index contributed by atoms with van der Waals surface area (Å²) in [6.07, 6.45) is 5.26. The van der Waals surface area contributed by atoms with Gasteiger partial charge in [0.2, 0.25) is 0 Å². The molecule has 0 radical (unpaired) electrons. The first-order valence-corrected chi connectivity index (χ1v) is 8.55. The molecule has 4 rings (SSSR count). The van der Waals surface area contributed by atoms with Gasteiger partial charge in [-0.2, -0.15) is 5.10 Å². The standard InChI is InChI=1S/C20H18N6O/c1-14-5-3-9-21-19(14)25-20(27)22-12-15-6-2-7-16(11-15)17-13-26-18(24-17)8-4-10-23-26/h2-11,13H,12H2,1H3,(H2,21,22,25,27). The molecule has 0 fully saturated rings. The van der Waals surface area contributed by atoms with Gasteiger partial charge in [0.05, 0.1) is 11.9 Å². The third-order valence-corrected chi connectivity index (χ3v) is 4.15. The molecule has 1 aromatic carbocycles. The summed E-state index contributed by atoms with van der Waals surface area (Å²) in [5, 5.41) is 9.85. The molecule has 0 unspecified atom stereocenters. The maximum atomic E-state index is 12.1. The van der Waals surface area contributed by atoms with Crippen LogP contribution in [0.5, 0.6) is 0 Å². The van der Waals surface area contributed by atoms with E-state index in [1.54, 1.807) is 16.9 Å². The van der Waals surface area contributed by atoms with Gasteiger partial charge in [-0.05, 0) is 42.3 Å². The second-order valence-corrected chi connectivity index (χ2v) is 6.13. The zero-order valence-corrected chi connectivity index (χ0v) is 14.8. The summed E-state index contributed by atoms with van der Waals surface area (Å²) >= 11 is 0. The molecule has 0 aliphatic rings. The minimum Gasteiger partial charge on any atom is -0.334 e. The van der Waals surface area contributed by atoms with Crippen molar-refractivity contribution in [2.75, 3.05) is 5.32 Å². The number of hydrogen-bond acceptors (Lipinski definition) is 4. The number of rotatable bonds is 4. The fraction of sp³-hybridized carbons (Fsp3) is 0.100. The number of amides is 2. The van der Waals surface area contributed by atoms with E-state index in [1.165, 1.54) is 0 Å². The van der Waals surface area contributed by atoms with E-state index in [4.69, 9.17) is 0 Å². The van der Waals surface area contributed by atoms with Gasteiger partial charge in [-0.15, -0.1) is 0 Å². The Morgan fingerprint density at radius 3 is 2.85 bits per heavy atom. The van der Waals surface area contributed by atoms with Crippen LogP contribution in [0.25, 0.3) is 16.9 Å². The van der Waals surface area contributed by atoms with E-state index in [1.807, 2.05) is 61.7 Å². The molecular formula is C20H18N6O. The Hall–Kier alpha value is -3.74. The highest BCUT2D eigenvalue weighted by Gasteiger charge is 2.07. The Kier molecular flexibility index (Phi) is 4.49. The van der Waals surface area contributed by atoms with Crippen LogP contribution in [-0.4, -0.2) is 25.6 Å². The van der Waals surface area contributed by atoms with Crippen LogP contribution < -0.4 is 10.6 Å². The molecule has 3 aromatic heterocycles. The Morgan fingerprint density at radius 1 is 1.11 bits per heavy atom. The van der Waals surface area contributed by atoms with E-state index in [2.05, 4.69) is 25.7 Å². The highest BCUT2D eigenvalue weighted by atomic mass is 16.2. The molecule has 0 saturated heterocycles. The molecule has 7 nitrogen and oxygen atoms in total. The van der Waals surface area contributed by atoms with Crippen LogP contribution in [0.2, 0.25) is 0 Å². The highest BCUT2D eigenvalue weighted by molar-refractivity contribution is 5.88. The molecule has 0 aliphatic heterocycles.